The van der Waals surface area contributed by atoms with Crippen LogP contribution in [0.25, 0.3) is 0 Å². The van der Waals surface area contributed by atoms with Crippen LogP contribution in [0.15, 0.2) is 24.3 Å². The van der Waals surface area contributed by atoms with Crippen molar-refractivity contribution in [3.05, 3.63) is 30.1 Å². The Morgan fingerprint density at radius 3 is 2.06 bits per heavy atom. The molecule has 4 heteroatoms. The molecule has 1 amide bonds. The van der Waals surface area contributed by atoms with Crippen LogP contribution in [0.2, 0.25) is 0 Å². The topological polar surface area (TPSA) is 55.1 Å². The molecule has 1 rings (SSSR count). The standard InChI is InChI=1S/C13H19FN2O/c1-12(2,13(3,4)15)11(17)16-10-7-5-9(14)6-8-10/h5-8H,15H2,1-4H3,(H,16,17). The number of amides is 1. The van der Waals surface area contributed by atoms with Gasteiger partial charge in [0.1, 0.15) is 5.82 Å². The van der Waals surface area contributed by atoms with Gasteiger partial charge in [-0.05, 0) is 52.0 Å². The molecule has 0 aromatic heterocycles. The highest BCUT2D eigenvalue weighted by Crippen LogP contribution is 2.29. The van der Waals surface area contributed by atoms with E-state index >= 15 is 0 Å². The van der Waals surface area contributed by atoms with E-state index in [2.05, 4.69) is 5.32 Å². The quantitative estimate of drug-likeness (QED) is 0.850. The molecular formula is C13H19FN2O. The number of halogens is 1. The third kappa shape index (κ3) is 3.03. The molecule has 0 bridgehead atoms. The molecule has 0 aliphatic rings. The molecule has 1 aromatic rings. The number of nitrogens with two attached hydrogens (primary N) is 1. The summed E-state index contributed by atoms with van der Waals surface area (Å²) in [6.45, 7) is 7.17. The normalized spacial score (nSPS) is 12.4. The lowest BCUT2D eigenvalue weighted by Gasteiger charge is -2.36. The molecule has 0 unspecified atom stereocenters. The van der Waals surface area contributed by atoms with E-state index in [1.54, 1.807) is 27.7 Å². The third-order valence-corrected chi connectivity index (χ3v) is 3.28. The molecule has 0 aliphatic carbocycles. The van der Waals surface area contributed by atoms with Gasteiger partial charge in [0.05, 0.1) is 5.41 Å². The van der Waals surface area contributed by atoms with Crippen LogP contribution < -0.4 is 11.1 Å². The average Bonchev–Trinajstić information content (AvgIpc) is 2.19. The fraction of sp³-hybridized carbons (Fsp3) is 0.462. The Balaban J connectivity index is 2.83. The highest BCUT2D eigenvalue weighted by Gasteiger charge is 2.40. The van der Waals surface area contributed by atoms with Crippen molar-refractivity contribution in [1.29, 1.82) is 0 Å². The summed E-state index contributed by atoms with van der Waals surface area (Å²) in [5.74, 6) is -0.516. The molecule has 0 spiro atoms. The fourth-order valence-corrected chi connectivity index (χ4v) is 1.11. The van der Waals surface area contributed by atoms with E-state index in [4.69, 9.17) is 5.73 Å². The zero-order valence-electron chi connectivity index (χ0n) is 10.7. The van der Waals surface area contributed by atoms with Gasteiger partial charge < -0.3 is 11.1 Å². The molecule has 0 radical (unpaired) electrons. The SMILES string of the molecule is CC(C)(N)C(C)(C)C(=O)Nc1ccc(F)cc1. The lowest BCUT2D eigenvalue weighted by molar-refractivity contribution is -0.126. The number of carbonyl (C=O) groups excluding carboxylic acids is 1. The largest absolute Gasteiger partial charge is 0.326 e. The average molecular weight is 238 g/mol. The van der Waals surface area contributed by atoms with E-state index in [0.29, 0.717) is 5.69 Å². The molecular weight excluding hydrogens is 219 g/mol. The van der Waals surface area contributed by atoms with Gasteiger partial charge in [-0.15, -0.1) is 0 Å². The molecule has 1 aromatic carbocycles. The Morgan fingerprint density at radius 1 is 1.18 bits per heavy atom. The van der Waals surface area contributed by atoms with Crippen molar-refractivity contribution in [2.45, 2.75) is 33.2 Å². The number of hydrogen-bond acceptors (Lipinski definition) is 2. The van der Waals surface area contributed by atoms with E-state index in [-0.39, 0.29) is 11.7 Å². The van der Waals surface area contributed by atoms with Gasteiger partial charge in [0.25, 0.3) is 0 Å². The predicted octanol–water partition coefficient (Wildman–Crippen LogP) is 2.53. The third-order valence-electron chi connectivity index (χ3n) is 3.28. The second-order valence-corrected chi connectivity index (χ2v) is 5.31. The molecule has 0 atom stereocenters. The molecule has 0 saturated carbocycles. The number of rotatable bonds is 3. The van der Waals surface area contributed by atoms with Crippen molar-refractivity contribution < 1.29 is 9.18 Å². The maximum Gasteiger partial charge on any atom is 0.231 e. The first kappa shape index (κ1) is 13.6. The first-order valence-electron chi connectivity index (χ1n) is 5.50. The second kappa shape index (κ2) is 4.45. The summed E-state index contributed by atoms with van der Waals surface area (Å²) in [5, 5.41) is 2.73. The van der Waals surface area contributed by atoms with Gasteiger partial charge in [-0.25, -0.2) is 4.39 Å². The lowest BCUT2D eigenvalue weighted by atomic mass is 9.74. The van der Waals surface area contributed by atoms with E-state index in [1.807, 2.05) is 0 Å². The minimum Gasteiger partial charge on any atom is -0.326 e. The minimum atomic E-state index is -0.721. The Morgan fingerprint density at radius 2 is 1.65 bits per heavy atom. The summed E-state index contributed by atoms with van der Waals surface area (Å²) < 4.78 is 12.7. The van der Waals surface area contributed by atoms with Crippen molar-refractivity contribution in [3.63, 3.8) is 0 Å². The first-order valence-corrected chi connectivity index (χ1v) is 5.50. The van der Waals surface area contributed by atoms with Crippen molar-refractivity contribution in [2.24, 2.45) is 11.1 Å². The van der Waals surface area contributed by atoms with Crippen LogP contribution in [-0.2, 0) is 4.79 Å². The van der Waals surface area contributed by atoms with Crippen LogP contribution >= 0.6 is 0 Å². The predicted molar refractivity (Wildman–Crippen MR) is 67.1 cm³/mol. The second-order valence-electron chi connectivity index (χ2n) is 5.31. The molecule has 0 heterocycles. The number of hydrogen-bond donors (Lipinski definition) is 2. The number of anilines is 1. The first-order chi connectivity index (χ1) is 7.64. The number of carbonyl (C=O) groups is 1. The summed E-state index contributed by atoms with van der Waals surface area (Å²) in [4.78, 5) is 12.1. The van der Waals surface area contributed by atoms with Gasteiger partial charge in [0.15, 0.2) is 0 Å². The molecule has 0 aliphatic heterocycles. The van der Waals surface area contributed by atoms with Crippen LogP contribution in [0.4, 0.5) is 10.1 Å². The highest BCUT2D eigenvalue weighted by molar-refractivity contribution is 5.95. The van der Waals surface area contributed by atoms with Crippen LogP contribution in [0, 0.1) is 11.2 Å². The molecule has 3 N–H and O–H groups in total. The zero-order valence-corrected chi connectivity index (χ0v) is 10.7. The van der Waals surface area contributed by atoms with E-state index in [1.165, 1.54) is 24.3 Å². The molecule has 94 valence electrons. The lowest BCUT2D eigenvalue weighted by Crippen LogP contribution is -2.53. The van der Waals surface area contributed by atoms with Gasteiger partial charge in [0, 0.05) is 11.2 Å². The monoisotopic (exact) mass is 238 g/mol. The van der Waals surface area contributed by atoms with Crippen molar-refractivity contribution in [3.8, 4) is 0 Å². The number of benzene rings is 1. The van der Waals surface area contributed by atoms with Gasteiger partial charge in [0.2, 0.25) is 5.91 Å². The minimum absolute atomic E-state index is 0.184. The zero-order chi connectivity index (χ0) is 13.3. The van der Waals surface area contributed by atoms with Crippen molar-refractivity contribution >= 4 is 11.6 Å². The van der Waals surface area contributed by atoms with Gasteiger partial charge in [-0.1, -0.05) is 0 Å². The van der Waals surface area contributed by atoms with Crippen LogP contribution in [0.1, 0.15) is 27.7 Å². The molecule has 17 heavy (non-hydrogen) atoms. The van der Waals surface area contributed by atoms with Crippen LogP contribution in [0.5, 0.6) is 0 Å². The van der Waals surface area contributed by atoms with Crippen LogP contribution in [-0.4, -0.2) is 11.4 Å². The van der Waals surface area contributed by atoms with Crippen LogP contribution in [0.3, 0.4) is 0 Å². The summed E-state index contributed by atoms with van der Waals surface area (Å²) in [6.07, 6.45) is 0. The van der Waals surface area contributed by atoms with E-state index < -0.39 is 11.0 Å². The summed E-state index contributed by atoms with van der Waals surface area (Å²) in [6, 6.07) is 5.64. The Bertz CT molecular complexity index is 404. The maximum absolute atomic E-state index is 12.7. The molecule has 0 saturated heterocycles. The van der Waals surface area contributed by atoms with Gasteiger partial charge >= 0.3 is 0 Å². The Labute approximate surface area is 101 Å². The molecule has 0 fully saturated rings. The van der Waals surface area contributed by atoms with Crippen molar-refractivity contribution in [2.75, 3.05) is 5.32 Å². The number of nitrogens with one attached hydrogen (secondary N) is 1. The van der Waals surface area contributed by atoms with Gasteiger partial charge in [-0.2, -0.15) is 0 Å². The van der Waals surface area contributed by atoms with E-state index in [9.17, 15) is 9.18 Å². The van der Waals surface area contributed by atoms with E-state index in [0.717, 1.165) is 0 Å². The summed E-state index contributed by atoms with van der Waals surface area (Å²) in [7, 11) is 0. The highest BCUT2D eigenvalue weighted by atomic mass is 19.1. The van der Waals surface area contributed by atoms with Crippen molar-refractivity contribution in [1.82, 2.24) is 0 Å². The Kier molecular flexibility index (Phi) is 3.57. The smallest absolute Gasteiger partial charge is 0.231 e. The Hall–Kier alpha value is -1.42. The molecule has 3 nitrogen and oxygen atoms in total. The summed E-state index contributed by atoms with van der Waals surface area (Å²) >= 11 is 0. The summed E-state index contributed by atoms with van der Waals surface area (Å²) in [5.41, 5.74) is 5.17. The van der Waals surface area contributed by atoms with Gasteiger partial charge in [-0.3, -0.25) is 4.79 Å². The fourth-order valence-electron chi connectivity index (χ4n) is 1.11. The maximum atomic E-state index is 12.7.